The van der Waals surface area contributed by atoms with Crippen LogP contribution in [0.25, 0.3) is 0 Å². The summed E-state index contributed by atoms with van der Waals surface area (Å²) in [4.78, 5) is 24.1. The zero-order valence-corrected chi connectivity index (χ0v) is 11.1. The van der Waals surface area contributed by atoms with Crippen molar-refractivity contribution in [3.05, 3.63) is 0 Å². The Morgan fingerprint density at radius 2 is 1.89 bits per heavy atom. The Bertz CT molecular complexity index is 344. The van der Waals surface area contributed by atoms with Crippen molar-refractivity contribution in [3.63, 3.8) is 0 Å². The quantitative estimate of drug-likeness (QED) is 0.711. The number of carbonyl (C=O) groups excluding carboxylic acids is 1. The van der Waals surface area contributed by atoms with Crippen LogP contribution < -0.4 is 5.32 Å². The largest absolute Gasteiger partial charge is 0.480 e. The molecule has 0 bridgehead atoms. The summed E-state index contributed by atoms with van der Waals surface area (Å²) in [6.45, 7) is 4.31. The van der Waals surface area contributed by atoms with Crippen molar-refractivity contribution in [2.45, 2.75) is 31.6 Å². The number of likely N-dealkylation sites (tertiary alicyclic amines) is 1. The molecular weight excluding hydrogens is 252 g/mol. The molecule has 2 N–H and O–H groups in total. The number of ether oxygens (including phenoxy) is 2. The van der Waals surface area contributed by atoms with Crippen LogP contribution in [0.2, 0.25) is 0 Å². The number of amides is 1. The molecule has 2 fully saturated rings. The summed E-state index contributed by atoms with van der Waals surface area (Å²) in [7, 11) is 0. The molecule has 0 aromatic carbocycles. The maximum atomic E-state index is 11.1. The summed E-state index contributed by atoms with van der Waals surface area (Å²) in [6.07, 6.45) is 1.47. The molecule has 7 nitrogen and oxygen atoms in total. The Morgan fingerprint density at radius 1 is 1.32 bits per heavy atom. The molecule has 108 valence electrons. The lowest BCUT2D eigenvalue weighted by atomic mass is 10.0. The van der Waals surface area contributed by atoms with Gasteiger partial charge >= 0.3 is 5.97 Å². The number of carboxylic acids is 1. The minimum atomic E-state index is -1.01. The summed E-state index contributed by atoms with van der Waals surface area (Å²) < 4.78 is 11.2. The smallest absolute Gasteiger partial charge is 0.327 e. The third kappa shape index (κ3) is 3.65. The fourth-order valence-electron chi connectivity index (χ4n) is 2.55. The summed E-state index contributed by atoms with van der Waals surface area (Å²) in [5, 5.41) is 11.5. The van der Waals surface area contributed by atoms with Crippen LogP contribution in [0.4, 0.5) is 0 Å². The van der Waals surface area contributed by atoms with E-state index >= 15 is 0 Å². The Morgan fingerprint density at radius 3 is 2.37 bits per heavy atom. The zero-order chi connectivity index (χ0) is 13.9. The minimum absolute atomic E-state index is 0.311. The van der Waals surface area contributed by atoms with Crippen LogP contribution in [-0.2, 0) is 19.1 Å². The van der Waals surface area contributed by atoms with Crippen molar-refractivity contribution in [2.24, 2.45) is 0 Å². The first-order valence-electron chi connectivity index (χ1n) is 6.51. The van der Waals surface area contributed by atoms with Gasteiger partial charge in [0, 0.05) is 39.4 Å². The lowest BCUT2D eigenvalue weighted by Gasteiger charge is -2.38. The van der Waals surface area contributed by atoms with E-state index in [1.54, 1.807) is 0 Å². The molecule has 1 atom stereocenters. The van der Waals surface area contributed by atoms with Crippen LogP contribution in [-0.4, -0.2) is 66.6 Å². The second kappa shape index (κ2) is 5.85. The molecule has 1 spiro atoms. The highest BCUT2D eigenvalue weighted by Crippen LogP contribution is 2.31. The van der Waals surface area contributed by atoms with E-state index in [0.29, 0.717) is 32.8 Å². The van der Waals surface area contributed by atoms with Crippen molar-refractivity contribution in [1.82, 2.24) is 10.2 Å². The highest BCUT2D eigenvalue weighted by molar-refractivity contribution is 5.82. The van der Waals surface area contributed by atoms with Crippen LogP contribution >= 0.6 is 0 Å². The summed E-state index contributed by atoms with van der Waals surface area (Å²) in [5.74, 6) is -1.80. The molecule has 1 unspecified atom stereocenters. The van der Waals surface area contributed by atoms with Gasteiger partial charge in [-0.15, -0.1) is 0 Å². The van der Waals surface area contributed by atoms with Crippen molar-refractivity contribution >= 4 is 11.9 Å². The average Bonchev–Trinajstić information content (AvgIpc) is 2.79. The predicted molar refractivity (Wildman–Crippen MR) is 65.5 cm³/mol. The van der Waals surface area contributed by atoms with Crippen LogP contribution in [0.1, 0.15) is 19.8 Å². The van der Waals surface area contributed by atoms with Gasteiger partial charge in [0.1, 0.15) is 6.04 Å². The number of piperidine rings is 1. The molecule has 2 heterocycles. The fourth-order valence-corrected chi connectivity index (χ4v) is 2.55. The maximum absolute atomic E-state index is 11.1. The van der Waals surface area contributed by atoms with Gasteiger partial charge < -0.3 is 24.8 Å². The van der Waals surface area contributed by atoms with E-state index in [1.807, 2.05) is 4.90 Å². The molecule has 0 aliphatic carbocycles. The average molecular weight is 272 g/mol. The molecule has 2 aliphatic rings. The lowest BCUT2D eigenvalue weighted by molar-refractivity contribution is -0.185. The van der Waals surface area contributed by atoms with E-state index in [0.717, 1.165) is 12.8 Å². The van der Waals surface area contributed by atoms with Gasteiger partial charge in [-0.2, -0.15) is 0 Å². The highest BCUT2D eigenvalue weighted by atomic mass is 16.7. The number of nitrogens with zero attached hydrogens (tertiary/aromatic N) is 1. The molecule has 0 saturated carbocycles. The Kier molecular flexibility index (Phi) is 4.38. The Hall–Kier alpha value is -1.18. The first kappa shape index (κ1) is 14.2. The molecule has 2 rings (SSSR count). The van der Waals surface area contributed by atoms with E-state index in [-0.39, 0.29) is 5.91 Å². The van der Waals surface area contributed by atoms with Gasteiger partial charge in [0.05, 0.1) is 13.2 Å². The number of rotatable bonds is 4. The first-order valence-corrected chi connectivity index (χ1v) is 6.51. The van der Waals surface area contributed by atoms with E-state index in [9.17, 15) is 9.59 Å². The number of nitrogens with one attached hydrogen (secondary N) is 1. The molecule has 1 amide bonds. The molecular formula is C12H20N2O5. The van der Waals surface area contributed by atoms with Crippen molar-refractivity contribution in [1.29, 1.82) is 0 Å². The van der Waals surface area contributed by atoms with Crippen LogP contribution in [0, 0.1) is 0 Å². The first-order chi connectivity index (χ1) is 9.01. The molecule has 2 saturated heterocycles. The highest BCUT2D eigenvalue weighted by Gasteiger charge is 2.40. The van der Waals surface area contributed by atoms with Gasteiger partial charge in [0.2, 0.25) is 5.91 Å². The molecule has 0 aromatic heterocycles. The number of hydrogen-bond donors (Lipinski definition) is 2. The second-order valence-corrected chi connectivity index (χ2v) is 5.00. The van der Waals surface area contributed by atoms with E-state index in [2.05, 4.69) is 5.32 Å². The summed E-state index contributed by atoms with van der Waals surface area (Å²) in [6, 6.07) is -0.864. The number of carbonyl (C=O) groups is 2. The third-order valence-electron chi connectivity index (χ3n) is 3.55. The molecule has 0 aromatic rings. The van der Waals surface area contributed by atoms with Gasteiger partial charge in [0.25, 0.3) is 0 Å². The number of aliphatic carboxylic acids is 1. The van der Waals surface area contributed by atoms with Crippen LogP contribution in [0.5, 0.6) is 0 Å². The topological polar surface area (TPSA) is 88.1 Å². The number of carboxylic acid groups (broad SMARTS) is 1. The molecule has 19 heavy (non-hydrogen) atoms. The van der Waals surface area contributed by atoms with Crippen LogP contribution in [0.15, 0.2) is 0 Å². The normalized spacial score (nSPS) is 24.3. The van der Waals surface area contributed by atoms with Crippen molar-refractivity contribution in [2.75, 3.05) is 32.8 Å². The second-order valence-electron chi connectivity index (χ2n) is 5.00. The minimum Gasteiger partial charge on any atom is -0.480 e. The van der Waals surface area contributed by atoms with Gasteiger partial charge in [-0.05, 0) is 0 Å². The van der Waals surface area contributed by atoms with Crippen LogP contribution in [0.3, 0.4) is 0 Å². The Balaban J connectivity index is 1.83. The van der Waals surface area contributed by atoms with Gasteiger partial charge in [0.15, 0.2) is 5.79 Å². The predicted octanol–water partition coefficient (Wildman–Crippen LogP) is -0.585. The SMILES string of the molecule is CC(=O)NC(CN1CCC2(CC1)OCCO2)C(=O)O. The standard InChI is InChI=1S/C12H20N2O5/c1-9(15)13-10(11(16)17)8-14-4-2-12(3-5-14)18-6-7-19-12/h10H,2-8H2,1H3,(H,13,15)(H,16,17). The monoisotopic (exact) mass is 272 g/mol. The molecule has 0 radical (unpaired) electrons. The van der Waals surface area contributed by atoms with Crippen molar-refractivity contribution < 1.29 is 24.2 Å². The van der Waals surface area contributed by atoms with Gasteiger partial charge in [-0.1, -0.05) is 0 Å². The third-order valence-corrected chi connectivity index (χ3v) is 3.55. The summed E-state index contributed by atoms with van der Waals surface area (Å²) >= 11 is 0. The van der Waals surface area contributed by atoms with E-state index < -0.39 is 17.8 Å². The van der Waals surface area contributed by atoms with E-state index in [4.69, 9.17) is 14.6 Å². The molecule has 7 heteroatoms. The van der Waals surface area contributed by atoms with Gasteiger partial charge in [-0.25, -0.2) is 4.79 Å². The van der Waals surface area contributed by atoms with Crippen molar-refractivity contribution in [3.8, 4) is 0 Å². The maximum Gasteiger partial charge on any atom is 0.327 e. The van der Waals surface area contributed by atoms with Gasteiger partial charge in [-0.3, -0.25) is 4.79 Å². The summed E-state index contributed by atoms with van der Waals surface area (Å²) in [5.41, 5.74) is 0. The number of hydrogen-bond acceptors (Lipinski definition) is 5. The Labute approximate surface area is 111 Å². The zero-order valence-electron chi connectivity index (χ0n) is 11.1. The lowest BCUT2D eigenvalue weighted by Crippen LogP contribution is -2.52. The van der Waals surface area contributed by atoms with E-state index in [1.165, 1.54) is 6.92 Å². The molecule has 2 aliphatic heterocycles. The fraction of sp³-hybridized carbons (Fsp3) is 0.833.